The summed E-state index contributed by atoms with van der Waals surface area (Å²) in [6, 6.07) is 1.92. The van der Waals surface area contributed by atoms with Crippen molar-refractivity contribution < 1.29 is 39.6 Å². The van der Waals surface area contributed by atoms with Crippen LogP contribution in [0.25, 0.3) is 0 Å². The molecule has 6 nitrogen and oxygen atoms in total. The molecule has 0 atom stereocenters. The molecule has 3 rings (SSSR count). The van der Waals surface area contributed by atoms with E-state index in [1.165, 1.54) is 0 Å². The van der Waals surface area contributed by atoms with Crippen molar-refractivity contribution in [3.63, 3.8) is 0 Å². The van der Waals surface area contributed by atoms with Crippen molar-refractivity contribution in [2.24, 2.45) is 0 Å². The van der Waals surface area contributed by atoms with Gasteiger partial charge in [-0.3, -0.25) is 4.79 Å². The molecule has 0 N–H and O–H groups in total. The van der Waals surface area contributed by atoms with Gasteiger partial charge in [-0.05, 0) is 43.9 Å². The Morgan fingerprint density at radius 2 is 1.56 bits per heavy atom. The molecule has 1 amide bonds. The molecule has 1 aromatic carbocycles. The third kappa shape index (κ3) is 5.03. The first-order chi connectivity index (χ1) is 14.8. The van der Waals surface area contributed by atoms with Gasteiger partial charge in [-0.25, -0.2) is 23.3 Å². The van der Waals surface area contributed by atoms with Gasteiger partial charge < -0.3 is 0 Å². The highest BCUT2D eigenvalue weighted by molar-refractivity contribution is 7.92. The second kappa shape index (κ2) is 8.68. The van der Waals surface area contributed by atoms with Crippen molar-refractivity contribution in [1.82, 2.24) is 14.9 Å². The molecule has 2 aromatic rings. The van der Waals surface area contributed by atoms with E-state index in [1.54, 1.807) is 0 Å². The molecule has 174 valence electrons. The van der Waals surface area contributed by atoms with Crippen LogP contribution in [0, 0.1) is 0 Å². The Morgan fingerprint density at radius 1 is 0.969 bits per heavy atom. The van der Waals surface area contributed by atoms with E-state index in [0.29, 0.717) is 6.07 Å². The number of carbonyl (C=O) groups is 1. The topological polar surface area (TPSA) is 80.2 Å². The van der Waals surface area contributed by atoms with E-state index in [2.05, 4.69) is 9.97 Å². The van der Waals surface area contributed by atoms with Gasteiger partial charge in [0.25, 0.3) is 5.91 Å². The Balaban J connectivity index is 1.79. The number of sulfone groups is 1. The first kappa shape index (κ1) is 24.0. The number of benzene rings is 1. The van der Waals surface area contributed by atoms with Crippen LogP contribution in [-0.2, 0) is 16.0 Å². The molecule has 0 spiro atoms. The molecule has 0 bridgehead atoms. The largest absolute Gasteiger partial charge is 0.487 e. The van der Waals surface area contributed by atoms with Crippen LogP contribution >= 0.6 is 0 Å². The number of halogens is 6. The molecule has 1 heterocycles. The van der Waals surface area contributed by atoms with Crippen LogP contribution in [0.15, 0.2) is 47.9 Å². The molecule has 1 aliphatic carbocycles. The Labute approximate surface area is 179 Å². The smallest absolute Gasteiger partial charge is 0.269 e. The fourth-order valence-corrected chi connectivity index (χ4v) is 5.53. The van der Waals surface area contributed by atoms with Crippen LogP contribution < -0.4 is 0 Å². The molecule has 13 heteroatoms. The molecular formula is C19H17F6N3O3S. The summed E-state index contributed by atoms with van der Waals surface area (Å²) < 4.78 is 105. The standard InChI is InChI=1S/C19H17F6N3O3S/c20-18(21,22)13-2-1-3-16(8-13)32(30,31)15-6-4-14(5-7-15)28(19(23,24)25)17(29)12-9-26-11-27-10-12/h1-3,8-11,14-15H,4-7H2. The van der Waals surface area contributed by atoms with Crippen molar-refractivity contribution in [1.29, 1.82) is 0 Å². The van der Waals surface area contributed by atoms with E-state index in [4.69, 9.17) is 0 Å². The highest BCUT2D eigenvalue weighted by atomic mass is 32.2. The van der Waals surface area contributed by atoms with Gasteiger partial charge in [-0.15, -0.1) is 13.2 Å². The van der Waals surface area contributed by atoms with Crippen LogP contribution in [0.4, 0.5) is 26.3 Å². The van der Waals surface area contributed by atoms with Crippen molar-refractivity contribution in [3.8, 4) is 0 Å². The van der Waals surface area contributed by atoms with Crippen molar-refractivity contribution >= 4 is 15.7 Å². The summed E-state index contributed by atoms with van der Waals surface area (Å²) in [5, 5.41) is -1.16. The lowest BCUT2D eigenvalue weighted by Crippen LogP contribution is -2.51. The average Bonchev–Trinajstić information content (AvgIpc) is 2.73. The lowest BCUT2D eigenvalue weighted by molar-refractivity contribution is -0.238. The van der Waals surface area contributed by atoms with E-state index in [-0.39, 0.29) is 36.1 Å². The Kier molecular flexibility index (Phi) is 6.50. The maximum atomic E-state index is 13.6. The fourth-order valence-electron chi connectivity index (χ4n) is 3.69. The third-order valence-electron chi connectivity index (χ3n) is 5.24. The second-order valence-electron chi connectivity index (χ2n) is 7.27. The van der Waals surface area contributed by atoms with Gasteiger partial charge in [0.2, 0.25) is 0 Å². The van der Waals surface area contributed by atoms with E-state index >= 15 is 0 Å². The zero-order chi connectivity index (χ0) is 23.7. The van der Waals surface area contributed by atoms with Crippen LogP contribution in [-0.4, -0.2) is 46.8 Å². The molecule has 0 unspecified atom stereocenters. The van der Waals surface area contributed by atoms with Gasteiger partial charge >= 0.3 is 12.5 Å². The van der Waals surface area contributed by atoms with Gasteiger partial charge in [0.05, 0.1) is 21.3 Å². The zero-order valence-electron chi connectivity index (χ0n) is 16.3. The molecule has 0 saturated heterocycles. The summed E-state index contributed by atoms with van der Waals surface area (Å²) in [4.78, 5) is 18.7. The molecular weight excluding hydrogens is 464 g/mol. The molecule has 0 radical (unpaired) electrons. The highest BCUT2D eigenvalue weighted by Crippen LogP contribution is 2.37. The number of aromatic nitrogens is 2. The number of rotatable bonds is 4. The van der Waals surface area contributed by atoms with E-state index < -0.39 is 50.0 Å². The van der Waals surface area contributed by atoms with Crippen LogP contribution in [0.5, 0.6) is 0 Å². The first-order valence-corrected chi connectivity index (χ1v) is 10.9. The molecule has 32 heavy (non-hydrogen) atoms. The maximum absolute atomic E-state index is 13.6. The van der Waals surface area contributed by atoms with Crippen molar-refractivity contribution in [2.45, 2.75) is 54.3 Å². The van der Waals surface area contributed by atoms with Crippen LogP contribution in [0.3, 0.4) is 0 Å². The lowest BCUT2D eigenvalue weighted by atomic mass is 9.93. The number of hydrogen-bond donors (Lipinski definition) is 0. The highest BCUT2D eigenvalue weighted by Gasteiger charge is 2.47. The zero-order valence-corrected chi connectivity index (χ0v) is 17.1. The summed E-state index contributed by atoms with van der Waals surface area (Å²) in [7, 11) is -4.21. The number of hydrogen-bond acceptors (Lipinski definition) is 5. The Hall–Kier alpha value is -2.70. The summed E-state index contributed by atoms with van der Waals surface area (Å²) in [5.74, 6) is -1.36. The fraction of sp³-hybridized carbons (Fsp3) is 0.421. The van der Waals surface area contributed by atoms with Gasteiger partial charge in [0.1, 0.15) is 6.33 Å². The van der Waals surface area contributed by atoms with E-state index in [1.807, 2.05) is 0 Å². The first-order valence-electron chi connectivity index (χ1n) is 9.38. The molecule has 1 aliphatic rings. The monoisotopic (exact) mass is 481 g/mol. The molecule has 1 fully saturated rings. The van der Waals surface area contributed by atoms with E-state index in [0.717, 1.165) is 36.9 Å². The normalized spacial score (nSPS) is 20.1. The lowest BCUT2D eigenvalue weighted by Gasteiger charge is -2.37. The SMILES string of the molecule is O=C(c1cncnc1)N(C1CCC(S(=O)(=O)c2cccc(C(F)(F)F)c2)CC1)C(F)(F)F. The van der Waals surface area contributed by atoms with Crippen LogP contribution in [0.1, 0.15) is 41.6 Å². The number of amides is 1. The predicted molar refractivity (Wildman–Crippen MR) is 98.9 cm³/mol. The Bertz CT molecular complexity index is 1070. The number of nitrogens with zero attached hydrogens (tertiary/aromatic N) is 3. The van der Waals surface area contributed by atoms with Gasteiger partial charge in [-0.2, -0.15) is 13.2 Å². The quantitative estimate of drug-likeness (QED) is 0.482. The van der Waals surface area contributed by atoms with Crippen molar-refractivity contribution in [3.05, 3.63) is 54.1 Å². The van der Waals surface area contributed by atoms with Gasteiger partial charge in [0.15, 0.2) is 9.84 Å². The summed E-state index contributed by atoms with van der Waals surface area (Å²) in [6.45, 7) is 0. The van der Waals surface area contributed by atoms with E-state index in [9.17, 15) is 39.6 Å². The predicted octanol–water partition coefficient (Wildman–Crippen LogP) is 4.24. The third-order valence-corrected chi connectivity index (χ3v) is 7.50. The minimum absolute atomic E-state index is 0.242. The molecule has 0 aliphatic heterocycles. The number of carbonyl (C=O) groups excluding carboxylic acids is 1. The average molecular weight is 481 g/mol. The summed E-state index contributed by atoms with van der Waals surface area (Å²) in [5.41, 5.74) is -1.50. The Morgan fingerprint density at radius 3 is 2.09 bits per heavy atom. The maximum Gasteiger partial charge on any atom is 0.487 e. The minimum Gasteiger partial charge on any atom is -0.269 e. The second-order valence-corrected chi connectivity index (χ2v) is 9.50. The number of alkyl halides is 6. The summed E-state index contributed by atoms with van der Waals surface area (Å²) >= 11 is 0. The molecule has 1 aromatic heterocycles. The van der Waals surface area contributed by atoms with Gasteiger partial charge in [0, 0.05) is 18.4 Å². The van der Waals surface area contributed by atoms with Gasteiger partial charge in [-0.1, -0.05) is 6.07 Å². The van der Waals surface area contributed by atoms with Crippen molar-refractivity contribution in [2.75, 3.05) is 0 Å². The summed E-state index contributed by atoms with van der Waals surface area (Å²) in [6.07, 6.45) is -7.89. The molecule has 1 saturated carbocycles. The van der Waals surface area contributed by atoms with Crippen LogP contribution in [0.2, 0.25) is 0 Å². The minimum atomic E-state index is -5.02.